The Labute approximate surface area is 152 Å². The third-order valence-electron chi connectivity index (χ3n) is 4.58. The van der Waals surface area contributed by atoms with Gasteiger partial charge in [-0.25, -0.2) is 0 Å². The average molecular weight is 360 g/mol. The lowest BCUT2D eigenvalue weighted by Gasteiger charge is -2.30. The fraction of sp³-hybridized carbons (Fsp3) is 0.500. The van der Waals surface area contributed by atoms with Crippen LogP contribution < -0.4 is 5.32 Å². The Morgan fingerprint density at radius 3 is 2.84 bits per heavy atom. The van der Waals surface area contributed by atoms with E-state index in [9.17, 15) is 4.79 Å². The van der Waals surface area contributed by atoms with Crippen LogP contribution in [0, 0.1) is 0 Å². The lowest BCUT2D eigenvalue weighted by atomic mass is 9.85. The smallest absolute Gasteiger partial charge is 0.256 e. The van der Waals surface area contributed by atoms with Gasteiger partial charge < -0.3 is 4.74 Å². The summed E-state index contributed by atoms with van der Waals surface area (Å²) in [6.07, 6.45) is -0.455. The molecule has 25 heavy (non-hydrogen) atoms. The molecule has 1 aliphatic rings. The highest BCUT2D eigenvalue weighted by Gasteiger charge is 2.30. The molecule has 1 atom stereocenters. The topological polar surface area (TPSA) is 67.3 Å². The van der Waals surface area contributed by atoms with Gasteiger partial charge in [-0.05, 0) is 26.0 Å². The van der Waals surface area contributed by atoms with Crippen LogP contribution in [-0.2, 0) is 14.9 Å². The molecule has 1 unspecified atom stereocenters. The molecular formula is C18H24N4O2S. The Morgan fingerprint density at radius 2 is 2.12 bits per heavy atom. The number of nitrogens with zero attached hydrogens (tertiary/aromatic N) is 3. The maximum Gasteiger partial charge on any atom is 0.256 e. The molecule has 1 N–H and O–H groups in total. The minimum atomic E-state index is -0.455. The lowest BCUT2D eigenvalue weighted by Crippen LogP contribution is -2.47. The number of anilines is 1. The van der Waals surface area contributed by atoms with Gasteiger partial charge in [-0.1, -0.05) is 48.6 Å². The second-order valence-electron chi connectivity index (χ2n) is 6.65. The van der Waals surface area contributed by atoms with Crippen LogP contribution in [0.2, 0.25) is 0 Å². The molecule has 1 fully saturated rings. The Hall–Kier alpha value is -1.83. The van der Waals surface area contributed by atoms with Gasteiger partial charge in [0, 0.05) is 18.5 Å². The van der Waals surface area contributed by atoms with E-state index < -0.39 is 6.10 Å². The van der Waals surface area contributed by atoms with Crippen LogP contribution in [-0.4, -0.2) is 53.3 Å². The standard InChI is InChI=1S/C18H24N4O2S/c1-4-22-10-11-24-14(12-22)15(23)19-17-21-20-16(25-17)18(2,3)13-8-6-5-7-9-13/h5-9,14H,4,10-12H2,1-3H3,(H,19,21,23). The molecule has 0 aliphatic carbocycles. The second-order valence-corrected chi connectivity index (χ2v) is 7.62. The van der Waals surface area contributed by atoms with Gasteiger partial charge in [-0.2, -0.15) is 0 Å². The van der Waals surface area contributed by atoms with Crippen LogP contribution in [0.25, 0.3) is 0 Å². The van der Waals surface area contributed by atoms with E-state index in [1.165, 1.54) is 16.9 Å². The quantitative estimate of drug-likeness (QED) is 0.887. The predicted molar refractivity (Wildman–Crippen MR) is 99.0 cm³/mol. The molecule has 7 heteroatoms. The van der Waals surface area contributed by atoms with Crippen molar-refractivity contribution in [2.75, 3.05) is 31.6 Å². The van der Waals surface area contributed by atoms with Gasteiger partial charge in [-0.15, -0.1) is 10.2 Å². The molecule has 0 bridgehead atoms. The van der Waals surface area contributed by atoms with Gasteiger partial charge >= 0.3 is 0 Å². The first-order valence-corrected chi connectivity index (χ1v) is 9.36. The van der Waals surface area contributed by atoms with Crippen molar-refractivity contribution in [3.05, 3.63) is 40.9 Å². The SMILES string of the molecule is CCN1CCOC(C(=O)Nc2nnc(C(C)(C)c3ccccc3)s2)C1. The summed E-state index contributed by atoms with van der Waals surface area (Å²) in [5, 5.41) is 12.7. The Kier molecular flexibility index (Phi) is 5.46. The van der Waals surface area contributed by atoms with Crippen LogP contribution >= 0.6 is 11.3 Å². The molecular weight excluding hydrogens is 336 g/mol. The van der Waals surface area contributed by atoms with Crippen molar-refractivity contribution >= 4 is 22.4 Å². The zero-order valence-electron chi connectivity index (χ0n) is 14.9. The average Bonchev–Trinajstić information content (AvgIpc) is 3.12. The number of amides is 1. The number of hydrogen-bond acceptors (Lipinski definition) is 6. The van der Waals surface area contributed by atoms with Crippen molar-refractivity contribution in [1.82, 2.24) is 15.1 Å². The molecule has 1 aromatic heterocycles. The van der Waals surface area contributed by atoms with Gasteiger partial charge in [0.25, 0.3) is 5.91 Å². The van der Waals surface area contributed by atoms with Crippen LogP contribution in [0.5, 0.6) is 0 Å². The molecule has 6 nitrogen and oxygen atoms in total. The van der Waals surface area contributed by atoms with Crippen molar-refractivity contribution in [2.24, 2.45) is 0 Å². The van der Waals surface area contributed by atoms with E-state index in [-0.39, 0.29) is 11.3 Å². The van der Waals surface area contributed by atoms with Gasteiger partial charge in [0.1, 0.15) is 11.1 Å². The number of rotatable bonds is 5. The van der Waals surface area contributed by atoms with Crippen LogP contribution in [0.4, 0.5) is 5.13 Å². The first-order chi connectivity index (χ1) is 12.0. The number of carbonyl (C=O) groups is 1. The molecule has 0 spiro atoms. The number of aromatic nitrogens is 2. The molecule has 1 amide bonds. The van der Waals surface area contributed by atoms with Crippen LogP contribution in [0.15, 0.2) is 30.3 Å². The van der Waals surface area contributed by atoms with Crippen molar-refractivity contribution in [1.29, 1.82) is 0 Å². The summed E-state index contributed by atoms with van der Waals surface area (Å²) >= 11 is 1.41. The third-order valence-corrected chi connectivity index (χ3v) is 5.74. The summed E-state index contributed by atoms with van der Waals surface area (Å²) < 4.78 is 5.59. The maximum atomic E-state index is 12.4. The highest BCUT2D eigenvalue weighted by Crippen LogP contribution is 2.34. The van der Waals surface area contributed by atoms with Gasteiger partial charge in [-0.3, -0.25) is 15.0 Å². The zero-order valence-corrected chi connectivity index (χ0v) is 15.7. The van der Waals surface area contributed by atoms with Gasteiger partial charge in [0.05, 0.1) is 6.61 Å². The molecule has 1 aliphatic heterocycles. The van der Waals surface area contributed by atoms with Crippen molar-refractivity contribution in [3.8, 4) is 0 Å². The number of carbonyl (C=O) groups excluding carboxylic acids is 1. The minimum Gasteiger partial charge on any atom is -0.366 e. The van der Waals surface area contributed by atoms with Gasteiger partial charge in [0.15, 0.2) is 0 Å². The molecule has 0 saturated carbocycles. The Balaban J connectivity index is 1.68. The lowest BCUT2D eigenvalue weighted by molar-refractivity contribution is -0.132. The molecule has 3 rings (SSSR count). The minimum absolute atomic E-state index is 0.154. The summed E-state index contributed by atoms with van der Waals surface area (Å²) in [4.78, 5) is 14.6. The van der Waals surface area contributed by atoms with E-state index in [0.717, 1.165) is 18.1 Å². The van der Waals surface area contributed by atoms with E-state index in [0.29, 0.717) is 18.3 Å². The Bertz CT molecular complexity index is 717. The van der Waals surface area contributed by atoms with E-state index in [2.05, 4.69) is 53.3 Å². The Morgan fingerprint density at radius 1 is 1.36 bits per heavy atom. The van der Waals surface area contributed by atoms with E-state index in [4.69, 9.17) is 4.74 Å². The van der Waals surface area contributed by atoms with Gasteiger partial charge in [0.2, 0.25) is 5.13 Å². The number of benzene rings is 1. The summed E-state index contributed by atoms with van der Waals surface area (Å²) in [6.45, 7) is 9.28. The predicted octanol–water partition coefficient (Wildman–Crippen LogP) is 2.52. The van der Waals surface area contributed by atoms with E-state index in [1.807, 2.05) is 18.2 Å². The summed E-state index contributed by atoms with van der Waals surface area (Å²) in [5.74, 6) is -0.154. The van der Waals surface area contributed by atoms with Crippen molar-refractivity contribution in [2.45, 2.75) is 32.3 Å². The molecule has 2 heterocycles. The highest BCUT2D eigenvalue weighted by molar-refractivity contribution is 7.15. The molecule has 134 valence electrons. The molecule has 2 aromatic rings. The highest BCUT2D eigenvalue weighted by atomic mass is 32.1. The number of likely N-dealkylation sites (N-methyl/N-ethyl adjacent to an activating group) is 1. The molecule has 1 aromatic carbocycles. The summed E-state index contributed by atoms with van der Waals surface area (Å²) in [7, 11) is 0. The number of morpholine rings is 1. The van der Waals surface area contributed by atoms with Crippen molar-refractivity contribution < 1.29 is 9.53 Å². The summed E-state index contributed by atoms with van der Waals surface area (Å²) in [6, 6.07) is 10.2. The monoisotopic (exact) mass is 360 g/mol. The van der Waals surface area contributed by atoms with E-state index in [1.54, 1.807) is 0 Å². The fourth-order valence-electron chi connectivity index (χ4n) is 2.84. The number of ether oxygens (including phenoxy) is 1. The molecule has 1 saturated heterocycles. The second kappa shape index (κ2) is 7.59. The maximum absolute atomic E-state index is 12.4. The molecule has 0 radical (unpaired) electrons. The summed E-state index contributed by atoms with van der Waals surface area (Å²) in [5.41, 5.74) is 0.903. The zero-order chi connectivity index (χ0) is 17.9. The number of nitrogens with one attached hydrogen (secondary N) is 1. The van der Waals surface area contributed by atoms with E-state index >= 15 is 0 Å². The fourth-order valence-corrected chi connectivity index (χ4v) is 3.71. The third kappa shape index (κ3) is 4.05. The van der Waals surface area contributed by atoms with Crippen LogP contribution in [0.1, 0.15) is 31.3 Å². The largest absolute Gasteiger partial charge is 0.366 e. The first kappa shape index (κ1) is 18.0. The number of hydrogen-bond donors (Lipinski definition) is 1. The van der Waals surface area contributed by atoms with Crippen LogP contribution in [0.3, 0.4) is 0 Å². The van der Waals surface area contributed by atoms with Crippen molar-refractivity contribution in [3.63, 3.8) is 0 Å². The first-order valence-electron chi connectivity index (χ1n) is 8.55. The normalized spacial score (nSPS) is 18.9.